The number of anilines is 2. The molecule has 1 heterocycles. The molecule has 0 radical (unpaired) electrons. The predicted molar refractivity (Wildman–Crippen MR) is 121 cm³/mol. The van der Waals surface area contributed by atoms with Gasteiger partial charge < -0.3 is 10.6 Å². The molecule has 0 unspecified atom stereocenters. The van der Waals surface area contributed by atoms with E-state index in [0.717, 1.165) is 6.42 Å². The molecule has 0 spiro atoms. The average molecular weight is 367 g/mol. The Morgan fingerprint density at radius 1 is 0.667 bits per heavy atom. The Hall–Kier alpha value is -1.70. The van der Waals surface area contributed by atoms with E-state index in [4.69, 9.17) is 0 Å². The minimum Gasteiger partial charge on any atom is -0.363 e. The van der Waals surface area contributed by atoms with E-state index in [-0.39, 0.29) is 5.66 Å². The van der Waals surface area contributed by atoms with Gasteiger partial charge in [-0.1, -0.05) is 95.4 Å². The SMILES string of the molecule is CCCCCCCCCCCCCC1(C)Nc2cccc3cccc(c23)N1. The van der Waals surface area contributed by atoms with Crippen molar-refractivity contribution in [3.8, 4) is 0 Å². The maximum absolute atomic E-state index is 3.76. The Morgan fingerprint density at radius 3 is 1.67 bits per heavy atom. The summed E-state index contributed by atoms with van der Waals surface area (Å²) in [5.74, 6) is 0. The summed E-state index contributed by atoms with van der Waals surface area (Å²) in [5, 5.41) is 10.2. The van der Waals surface area contributed by atoms with Gasteiger partial charge in [0, 0.05) is 16.8 Å². The molecule has 1 aliphatic rings. The minimum atomic E-state index is -0.0398. The van der Waals surface area contributed by atoms with Gasteiger partial charge in [-0.2, -0.15) is 0 Å². The van der Waals surface area contributed by atoms with E-state index < -0.39 is 0 Å². The van der Waals surface area contributed by atoms with E-state index in [1.165, 1.54) is 92.8 Å². The van der Waals surface area contributed by atoms with E-state index in [1.807, 2.05) is 0 Å². The van der Waals surface area contributed by atoms with Crippen LogP contribution in [0, 0.1) is 0 Å². The smallest absolute Gasteiger partial charge is 0.105 e. The quantitative estimate of drug-likeness (QED) is 0.371. The van der Waals surface area contributed by atoms with Gasteiger partial charge in [0.05, 0.1) is 0 Å². The van der Waals surface area contributed by atoms with Gasteiger partial charge >= 0.3 is 0 Å². The molecule has 148 valence electrons. The van der Waals surface area contributed by atoms with Crippen LogP contribution in [-0.2, 0) is 0 Å². The highest BCUT2D eigenvalue weighted by molar-refractivity contribution is 6.05. The van der Waals surface area contributed by atoms with Gasteiger partial charge in [0.25, 0.3) is 0 Å². The highest BCUT2D eigenvalue weighted by atomic mass is 15.2. The van der Waals surface area contributed by atoms with Crippen LogP contribution in [0.25, 0.3) is 10.8 Å². The number of nitrogens with one attached hydrogen (secondary N) is 2. The maximum atomic E-state index is 3.76. The topological polar surface area (TPSA) is 24.1 Å². The monoisotopic (exact) mass is 366 g/mol. The molecule has 0 atom stereocenters. The standard InChI is InChI=1S/C25H38N2/c1-3-4-5-6-7-8-9-10-11-12-13-20-25(2)26-22-18-14-16-21-17-15-19-23(27-25)24(21)22/h14-19,26-27H,3-13,20H2,1-2H3. The fourth-order valence-electron chi connectivity index (χ4n) is 4.44. The van der Waals surface area contributed by atoms with Crippen molar-refractivity contribution in [2.24, 2.45) is 0 Å². The van der Waals surface area contributed by atoms with Crippen molar-refractivity contribution >= 4 is 22.1 Å². The summed E-state index contributed by atoms with van der Waals surface area (Å²) in [4.78, 5) is 0. The molecule has 1 aliphatic heterocycles. The zero-order valence-electron chi connectivity index (χ0n) is 17.4. The van der Waals surface area contributed by atoms with Crippen LogP contribution in [0.3, 0.4) is 0 Å². The molecule has 2 aromatic carbocycles. The third kappa shape index (κ3) is 5.64. The lowest BCUT2D eigenvalue weighted by atomic mass is 9.96. The number of hydrogen-bond acceptors (Lipinski definition) is 2. The van der Waals surface area contributed by atoms with Crippen molar-refractivity contribution < 1.29 is 0 Å². The largest absolute Gasteiger partial charge is 0.363 e. The third-order valence-electron chi connectivity index (χ3n) is 6.01. The molecule has 0 saturated carbocycles. The first-order chi connectivity index (χ1) is 13.2. The Morgan fingerprint density at radius 2 is 1.15 bits per heavy atom. The van der Waals surface area contributed by atoms with E-state index in [9.17, 15) is 0 Å². The number of benzene rings is 2. The second-order valence-corrected chi connectivity index (χ2v) is 8.58. The molecule has 27 heavy (non-hydrogen) atoms. The fraction of sp³-hybridized carbons (Fsp3) is 0.600. The molecule has 0 aromatic heterocycles. The van der Waals surface area contributed by atoms with Crippen molar-refractivity contribution in [1.29, 1.82) is 0 Å². The van der Waals surface area contributed by atoms with Crippen molar-refractivity contribution in [3.05, 3.63) is 36.4 Å². The lowest BCUT2D eigenvalue weighted by molar-refractivity contribution is 0.478. The van der Waals surface area contributed by atoms with Crippen LogP contribution in [0.5, 0.6) is 0 Å². The second kappa shape index (κ2) is 10.0. The molecular weight excluding hydrogens is 328 g/mol. The number of unbranched alkanes of at least 4 members (excludes halogenated alkanes) is 10. The zero-order valence-corrected chi connectivity index (χ0v) is 17.4. The van der Waals surface area contributed by atoms with Crippen LogP contribution in [0.1, 0.15) is 90.9 Å². The summed E-state index contributed by atoms with van der Waals surface area (Å²) in [7, 11) is 0. The Bertz CT molecular complexity index is 666. The van der Waals surface area contributed by atoms with Crippen LogP contribution in [0.2, 0.25) is 0 Å². The average Bonchev–Trinajstić information content (AvgIpc) is 2.66. The van der Waals surface area contributed by atoms with Gasteiger partial charge in [-0.3, -0.25) is 0 Å². The summed E-state index contributed by atoms with van der Waals surface area (Å²) in [6.45, 7) is 4.59. The molecule has 0 amide bonds. The maximum Gasteiger partial charge on any atom is 0.105 e. The first kappa shape index (κ1) is 20.0. The van der Waals surface area contributed by atoms with Crippen LogP contribution in [0.4, 0.5) is 11.4 Å². The van der Waals surface area contributed by atoms with Crippen LogP contribution < -0.4 is 10.6 Å². The predicted octanol–water partition coefficient (Wildman–Crippen LogP) is 8.09. The number of rotatable bonds is 12. The van der Waals surface area contributed by atoms with Crippen molar-refractivity contribution in [2.45, 2.75) is 96.6 Å². The van der Waals surface area contributed by atoms with Gasteiger partial charge in [0.1, 0.15) is 5.66 Å². The van der Waals surface area contributed by atoms with Gasteiger partial charge in [-0.05, 0) is 37.3 Å². The first-order valence-electron chi connectivity index (χ1n) is 11.3. The van der Waals surface area contributed by atoms with Gasteiger partial charge in [-0.15, -0.1) is 0 Å². The molecule has 3 rings (SSSR count). The molecule has 2 N–H and O–H groups in total. The van der Waals surface area contributed by atoms with Crippen molar-refractivity contribution in [3.63, 3.8) is 0 Å². The third-order valence-corrected chi connectivity index (χ3v) is 6.01. The highest BCUT2D eigenvalue weighted by Crippen LogP contribution is 2.38. The molecule has 2 heteroatoms. The normalized spacial score (nSPS) is 14.7. The number of hydrogen-bond donors (Lipinski definition) is 2. The van der Waals surface area contributed by atoms with Crippen molar-refractivity contribution in [2.75, 3.05) is 10.6 Å². The van der Waals surface area contributed by atoms with E-state index in [1.54, 1.807) is 0 Å². The summed E-state index contributed by atoms with van der Waals surface area (Å²) in [6.07, 6.45) is 16.5. The lowest BCUT2D eigenvalue weighted by Crippen LogP contribution is -2.45. The minimum absolute atomic E-state index is 0.0398. The lowest BCUT2D eigenvalue weighted by Gasteiger charge is -2.39. The summed E-state index contributed by atoms with van der Waals surface area (Å²) < 4.78 is 0. The van der Waals surface area contributed by atoms with E-state index in [2.05, 4.69) is 60.9 Å². The molecule has 2 nitrogen and oxygen atoms in total. The van der Waals surface area contributed by atoms with Crippen molar-refractivity contribution in [1.82, 2.24) is 0 Å². The Labute approximate surface area is 166 Å². The van der Waals surface area contributed by atoms with Crippen LogP contribution in [-0.4, -0.2) is 5.66 Å². The highest BCUT2D eigenvalue weighted by Gasteiger charge is 2.28. The molecule has 0 aliphatic carbocycles. The summed E-state index contributed by atoms with van der Waals surface area (Å²) >= 11 is 0. The molecule has 0 saturated heterocycles. The van der Waals surface area contributed by atoms with E-state index >= 15 is 0 Å². The molecule has 2 aromatic rings. The Kier molecular flexibility index (Phi) is 7.43. The van der Waals surface area contributed by atoms with E-state index in [0.29, 0.717) is 0 Å². The van der Waals surface area contributed by atoms with Gasteiger partial charge in [0.2, 0.25) is 0 Å². The van der Waals surface area contributed by atoms with Crippen LogP contribution >= 0.6 is 0 Å². The molecular formula is C25H38N2. The second-order valence-electron chi connectivity index (χ2n) is 8.58. The zero-order chi connectivity index (χ0) is 19.0. The molecule has 0 bridgehead atoms. The van der Waals surface area contributed by atoms with Crippen LogP contribution in [0.15, 0.2) is 36.4 Å². The van der Waals surface area contributed by atoms with Gasteiger partial charge in [0.15, 0.2) is 0 Å². The van der Waals surface area contributed by atoms with Gasteiger partial charge in [-0.25, -0.2) is 0 Å². The Balaban J connectivity index is 1.35. The molecule has 0 fully saturated rings. The summed E-state index contributed by atoms with van der Waals surface area (Å²) in [6, 6.07) is 13.1. The first-order valence-corrected chi connectivity index (χ1v) is 11.3. The fourth-order valence-corrected chi connectivity index (χ4v) is 4.44. The summed E-state index contributed by atoms with van der Waals surface area (Å²) in [5.41, 5.74) is 2.50.